The average Bonchev–Trinajstić information content (AvgIpc) is 2.42. The first-order valence-electron chi connectivity index (χ1n) is 6.39. The van der Waals surface area contributed by atoms with Crippen molar-refractivity contribution in [3.05, 3.63) is 29.8 Å². The summed E-state index contributed by atoms with van der Waals surface area (Å²) in [6, 6.07) is 4.61. The molecule has 0 fully saturated rings. The van der Waals surface area contributed by atoms with Gasteiger partial charge in [0, 0.05) is 6.54 Å². The fourth-order valence-electron chi connectivity index (χ4n) is 1.67. The minimum Gasteiger partial charge on any atom is -0.370 e. The molecule has 1 aromatic rings. The highest BCUT2D eigenvalue weighted by atomic mass is 32.2. The first kappa shape index (κ1) is 17.1. The third-order valence-electron chi connectivity index (χ3n) is 2.87. The second-order valence-corrected chi connectivity index (χ2v) is 6.55. The van der Waals surface area contributed by atoms with Gasteiger partial charge < -0.3 is 11.1 Å². The van der Waals surface area contributed by atoms with Crippen LogP contribution in [0.2, 0.25) is 0 Å². The molecule has 0 heterocycles. The van der Waals surface area contributed by atoms with Crippen molar-refractivity contribution in [2.45, 2.75) is 30.7 Å². The number of hydrogen-bond acceptors (Lipinski definition) is 4. The molecule has 115 valence electrons. The summed E-state index contributed by atoms with van der Waals surface area (Å²) in [5.74, 6) is -0.199. The molecule has 0 aliphatic carbocycles. The molecule has 0 aliphatic rings. The summed E-state index contributed by atoms with van der Waals surface area (Å²) in [6.07, 6.45) is 0.465. The van der Waals surface area contributed by atoms with Gasteiger partial charge in [0.25, 0.3) is 5.12 Å². The van der Waals surface area contributed by atoms with Crippen LogP contribution < -0.4 is 16.8 Å². The Balaban J connectivity index is 2.68. The van der Waals surface area contributed by atoms with Crippen molar-refractivity contribution in [1.29, 1.82) is 5.41 Å². The number of nitrogens with one attached hydrogen (secondary N) is 3. The van der Waals surface area contributed by atoms with Gasteiger partial charge in [-0.3, -0.25) is 10.2 Å². The summed E-state index contributed by atoms with van der Waals surface area (Å²) in [7, 11) is -4.12. The van der Waals surface area contributed by atoms with Crippen molar-refractivity contribution in [3.8, 4) is 0 Å². The van der Waals surface area contributed by atoms with E-state index in [1.807, 2.05) is 6.92 Å². The lowest BCUT2D eigenvalue weighted by Gasteiger charge is -2.10. The predicted octanol–water partition coefficient (Wildman–Crippen LogP) is 0.210. The van der Waals surface area contributed by atoms with Gasteiger partial charge in [-0.2, -0.15) is 0 Å². The molecule has 0 saturated heterocycles. The molecule has 8 heteroatoms. The molecule has 1 rings (SSSR count). The van der Waals surface area contributed by atoms with E-state index in [4.69, 9.17) is 16.9 Å². The van der Waals surface area contributed by atoms with Crippen LogP contribution in [-0.2, 0) is 14.6 Å². The summed E-state index contributed by atoms with van der Waals surface area (Å²) >= 11 is 0. The highest BCUT2D eigenvalue weighted by Gasteiger charge is 2.30. The molecule has 1 aromatic carbocycles. The zero-order valence-corrected chi connectivity index (χ0v) is 12.5. The van der Waals surface area contributed by atoms with Crippen molar-refractivity contribution in [2.75, 3.05) is 6.54 Å². The van der Waals surface area contributed by atoms with E-state index in [0.29, 0.717) is 13.0 Å². The Kier molecular flexibility index (Phi) is 5.86. The van der Waals surface area contributed by atoms with Crippen LogP contribution in [0.15, 0.2) is 29.2 Å². The second kappa shape index (κ2) is 7.19. The largest absolute Gasteiger partial charge is 0.370 e. The van der Waals surface area contributed by atoms with E-state index in [-0.39, 0.29) is 17.3 Å². The normalized spacial score (nSPS) is 12.7. The Hall–Kier alpha value is -1.93. The lowest BCUT2D eigenvalue weighted by Crippen LogP contribution is -2.33. The second-order valence-electron chi connectivity index (χ2n) is 4.67. The molecule has 0 bridgehead atoms. The third-order valence-corrected chi connectivity index (χ3v) is 4.57. The predicted molar refractivity (Wildman–Crippen MR) is 79.4 cm³/mol. The fourth-order valence-corrected chi connectivity index (χ4v) is 2.89. The highest BCUT2D eigenvalue weighted by Crippen LogP contribution is 2.15. The molecule has 0 amide bonds. The lowest BCUT2D eigenvalue weighted by atomic mass is 10.2. The number of carbonyl (C=O) groups excluding carboxylic acids is 1. The maximum Gasteiger partial charge on any atom is 0.269 e. The van der Waals surface area contributed by atoms with Crippen molar-refractivity contribution in [2.24, 2.45) is 5.73 Å². The SMILES string of the molecule is Cc1ccc(S(=O)(=O)C(=O)[C@@H]([NH])CCCNC(=N)N)cc1. The van der Waals surface area contributed by atoms with Gasteiger partial charge in [0.2, 0.25) is 9.84 Å². The Bertz CT molecular complexity index is 611. The van der Waals surface area contributed by atoms with Crippen LogP contribution >= 0.6 is 0 Å². The van der Waals surface area contributed by atoms with Gasteiger partial charge in [0.1, 0.15) is 0 Å². The number of sulfone groups is 1. The Morgan fingerprint density at radius 1 is 1.33 bits per heavy atom. The molecule has 5 N–H and O–H groups in total. The van der Waals surface area contributed by atoms with Crippen LogP contribution in [0.1, 0.15) is 18.4 Å². The summed E-state index contributed by atoms with van der Waals surface area (Å²) in [5, 5.41) is 8.38. The molecule has 0 saturated carbocycles. The first-order valence-corrected chi connectivity index (χ1v) is 7.88. The molecular weight excluding hydrogens is 292 g/mol. The fraction of sp³-hybridized carbons (Fsp3) is 0.385. The molecule has 7 nitrogen and oxygen atoms in total. The van der Waals surface area contributed by atoms with Crippen LogP contribution in [0.3, 0.4) is 0 Å². The quantitative estimate of drug-likeness (QED) is 0.392. The van der Waals surface area contributed by atoms with E-state index < -0.39 is 21.0 Å². The van der Waals surface area contributed by atoms with E-state index in [1.165, 1.54) is 12.1 Å². The van der Waals surface area contributed by atoms with Crippen LogP contribution in [-0.4, -0.2) is 32.1 Å². The minimum absolute atomic E-state index is 0.0859. The van der Waals surface area contributed by atoms with E-state index in [1.54, 1.807) is 12.1 Å². The Labute approximate surface area is 124 Å². The van der Waals surface area contributed by atoms with Crippen LogP contribution in [0.5, 0.6) is 0 Å². The van der Waals surface area contributed by atoms with Gasteiger partial charge in [-0.25, -0.2) is 14.2 Å². The Morgan fingerprint density at radius 2 is 1.90 bits per heavy atom. The number of hydrogen-bond donors (Lipinski definition) is 3. The summed E-state index contributed by atoms with van der Waals surface area (Å²) < 4.78 is 24.2. The van der Waals surface area contributed by atoms with Gasteiger partial charge in [-0.1, -0.05) is 17.7 Å². The van der Waals surface area contributed by atoms with Crippen molar-refractivity contribution < 1.29 is 13.2 Å². The van der Waals surface area contributed by atoms with Crippen molar-refractivity contribution in [3.63, 3.8) is 0 Å². The van der Waals surface area contributed by atoms with Crippen LogP contribution in [0.4, 0.5) is 0 Å². The maximum absolute atomic E-state index is 12.1. The number of benzene rings is 1. The van der Waals surface area contributed by atoms with Gasteiger partial charge in [-0.15, -0.1) is 0 Å². The van der Waals surface area contributed by atoms with E-state index in [0.717, 1.165) is 5.56 Å². The monoisotopic (exact) mass is 311 g/mol. The number of aryl methyl sites for hydroxylation is 1. The van der Waals surface area contributed by atoms with Gasteiger partial charge >= 0.3 is 0 Å². The summed E-state index contributed by atoms with van der Waals surface area (Å²) in [6.45, 7) is 2.14. The van der Waals surface area contributed by atoms with E-state index in [2.05, 4.69) is 5.32 Å². The first-order chi connectivity index (χ1) is 9.75. The lowest BCUT2D eigenvalue weighted by molar-refractivity contribution is -0.113. The van der Waals surface area contributed by atoms with Gasteiger partial charge in [0.15, 0.2) is 5.96 Å². The highest BCUT2D eigenvalue weighted by molar-refractivity contribution is 8.06. The van der Waals surface area contributed by atoms with Crippen LogP contribution in [0, 0.1) is 12.3 Å². The molecule has 1 radical (unpaired) electrons. The molecule has 0 aliphatic heterocycles. The van der Waals surface area contributed by atoms with E-state index >= 15 is 0 Å². The molecular formula is C13H19N4O3S. The van der Waals surface area contributed by atoms with Crippen LogP contribution in [0.25, 0.3) is 0 Å². The molecule has 0 spiro atoms. The minimum atomic E-state index is -4.12. The number of carbonyl (C=O) groups is 1. The van der Waals surface area contributed by atoms with Crippen molar-refractivity contribution in [1.82, 2.24) is 11.1 Å². The van der Waals surface area contributed by atoms with Crippen molar-refractivity contribution >= 4 is 20.9 Å². The topological polar surface area (TPSA) is 137 Å². The maximum atomic E-state index is 12.1. The number of nitrogens with two attached hydrogens (primary N) is 1. The summed E-state index contributed by atoms with van der Waals surface area (Å²) in [4.78, 5) is 11.8. The zero-order valence-electron chi connectivity index (χ0n) is 11.7. The standard InChI is InChI=1S/C13H19N4O3S/c1-9-4-6-10(7-5-9)21(19,20)12(18)11(14)3-2-8-17-13(15)16/h4-7,11,14H,2-3,8H2,1H3,(H4,15,16,17)/t11-/m0/s1. The number of guanidine groups is 1. The number of rotatable bonds is 6. The molecule has 0 unspecified atom stereocenters. The molecule has 21 heavy (non-hydrogen) atoms. The summed E-state index contributed by atoms with van der Waals surface area (Å²) in [5.41, 5.74) is 13.6. The molecule has 1 atom stereocenters. The molecule has 0 aromatic heterocycles. The Morgan fingerprint density at radius 3 is 2.43 bits per heavy atom. The van der Waals surface area contributed by atoms with Gasteiger partial charge in [-0.05, 0) is 31.9 Å². The third kappa shape index (κ3) is 4.83. The van der Waals surface area contributed by atoms with E-state index in [9.17, 15) is 13.2 Å². The average molecular weight is 311 g/mol. The smallest absolute Gasteiger partial charge is 0.269 e. The zero-order chi connectivity index (χ0) is 16.0. The van der Waals surface area contributed by atoms with Gasteiger partial charge in [0.05, 0.1) is 10.9 Å².